The molecule has 0 atom stereocenters. The molecule has 0 bridgehead atoms. The standard InChI is InChI=1S/C19H17N3O2/c1-3-11-22-16-10-5-4-9-15(16)17(19(22)24)20-21-18(23)14-8-6-7-13(2)12-14/h3-10,12,24H,1,11H2,2H3. The summed E-state index contributed by atoms with van der Waals surface area (Å²) in [5.41, 5.74) is 2.54. The zero-order valence-electron chi connectivity index (χ0n) is 13.3. The van der Waals surface area contributed by atoms with Crippen LogP contribution in [0.25, 0.3) is 10.9 Å². The molecule has 0 spiro atoms. The third-order valence-electron chi connectivity index (χ3n) is 3.73. The summed E-state index contributed by atoms with van der Waals surface area (Å²) in [7, 11) is 0. The van der Waals surface area contributed by atoms with Gasteiger partial charge in [0.25, 0.3) is 5.91 Å². The zero-order chi connectivity index (χ0) is 17.1. The Morgan fingerprint density at radius 2 is 2.04 bits per heavy atom. The molecule has 0 saturated carbocycles. The summed E-state index contributed by atoms with van der Waals surface area (Å²) < 4.78 is 1.67. The van der Waals surface area contributed by atoms with Crippen molar-refractivity contribution in [3.63, 3.8) is 0 Å². The lowest BCUT2D eigenvalue weighted by atomic mass is 10.1. The number of amides is 1. The third kappa shape index (κ3) is 2.84. The van der Waals surface area contributed by atoms with E-state index in [1.54, 1.807) is 28.8 Å². The van der Waals surface area contributed by atoms with Gasteiger partial charge >= 0.3 is 0 Å². The van der Waals surface area contributed by atoms with Crippen molar-refractivity contribution in [2.75, 3.05) is 0 Å². The van der Waals surface area contributed by atoms with Crippen LogP contribution >= 0.6 is 0 Å². The molecule has 0 saturated heterocycles. The molecule has 24 heavy (non-hydrogen) atoms. The highest BCUT2D eigenvalue weighted by Crippen LogP contribution is 2.38. The summed E-state index contributed by atoms with van der Waals surface area (Å²) >= 11 is 0. The van der Waals surface area contributed by atoms with Crippen molar-refractivity contribution in [2.24, 2.45) is 10.2 Å². The molecule has 1 heterocycles. The molecule has 120 valence electrons. The molecule has 2 aromatic carbocycles. The lowest BCUT2D eigenvalue weighted by Gasteiger charge is -2.01. The number of aryl methyl sites for hydroxylation is 1. The smallest absolute Gasteiger partial charge is 0.295 e. The first-order valence-electron chi connectivity index (χ1n) is 7.55. The predicted octanol–water partition coefficient (Wildman–Crippen LogP) is 4.77. The number of allylic oxidation sites excluding steroid dienone is 1. The first-order valence-corrected chi connectivity index (χ1v) is 7.55. The fourth-order valence-electron chi connectivity index (χ4n) is 2.62. The molecule has 0 aliphatic rings. The van der Waals surface area contributed by atoms with Gasteiger partial charge in [0.1, 0.15) is 0 Å². The maximum absolute atomic E-state index is 12.2. The number of para-hydroxylation sites is 1. The maximum Gasteiger partial charge on any atom is 0.295 e. The van der Waals surface area contributed by atoms with Gasteiger partial charge in [-0.05, 0) is 25.1 Å². The van der Waals surface area contributed by atoms with Crippen LogP contribution in [0.4, 0.5) is 5.69 Å². The van der Waals surface area contributed by atoms with Crippen molar-refractivity contribution >= 4 is 22.5 Å². The number of carbonyl (C=O) groups is 1. The van der Waals surface area contributed by atoms with Crippen molar-refractivity contribution in [2.45, 2.75) is 13.5 Å². The van der Waals surface area contributed by atoms with E-state index in [1.807, 2.05) is 37.3 Å². The highest BCUT2D eigenvalue weighted by Gasteiger charge is 2.16. The Kier molecular flexibility index (Phi) is 4.24. The van der Waals surface area contributed by atoms with Crippen LogP contribution in [-0.4, -0.2) is 15.6 Å². The van der Waals surface area contributed by atoms with Crippen molar-refractivity contribution in [1.29, 1.82) is 0 Å². The lowest BCUT2D eigenvalue weighted by Crippen LogP contribution is -1.94. The summed E-state index contributed by atoms with van der Waals surface area (Å²) in [4.78, 5) is 12.2. The van der Waals surface area contributed by atoms with Crippen LogP contribution in [0.3, 0.4) is 0 Å². The summed E-state index contributed by atoms with van der Waals surface area (Å²) in [5.74, 6) is -0.476. The van der Waals surface area contributed by atoms with Gasteiger partial charge in [0.05, 0.1) is 5.52 Å². The fraction of sp³-hybridized carbons (Fsp3) is 0.105. The van der Waals surface area contributed by atoms with Gasteiger partial charge in [-0.25, -0.2) is 0 Å². The molecule has 1 N–H and O–H groups in total. The molecule has 0 fully saturated rings. The first-order chi connectivity index (χ1) is 11.6. The van der Waals surface area contributed by atoms with Crippen LogP contribution in [0.2, 0.25) is 0 Å². The van der Waals surface area contributed by atoms with Crippen molar-refractivity contribution < 1.29 is 9.90 Å². The summed E-state index contributed by atoms with van der Waals surface area (Å²) in [6.07, 6.45) is 1.69. The highest BCUT2D eigenvalue weighted by molar-refractivity contribution is 5.97. The number of aromatic hydroxyl groups is 1. The van der Waals surface area contributed by atoms with E-state index in [9.17, 15) is 9.90 Å². The lowest BCUT2D eigenvalue weighted by molar-refractivity contribution is 0.0995. The number of carbonyl (C=O) groups excluding carboxylic acids is 1. The minimum absolute atomic E-state index is 0.0307. The van der Waals surface area contributed by atoms with E-state index >= 15 is 0 Å². The minimum atomic E-state index is -0.446. The second kappa shape index (κ2) is 6.50. The Labute approximate surface area is 139 Å². The number of hydrogen-bond acceptors (Lipinski definition) is 3. The molecule has 0 radical (unpaired) electrons. The SMILES string of the molecule is C=CCn1c(O)c(N=NC(=O)c2cccc(C)c2)c2ccccc21. The topological polar surface area (TPSA) is 66.9 Å². The van der Waals surface area contributed by atoms with Crippen molar-refractivity contribution in [3.05, 3.63) is 72.3 Å². The van der Waals surface area contributed by atoms with Crippen molar-refractivity contribution in [3.8, 4) is 5.88 Å². The number of hydrogen-bond donors (Lipinski definition) is 1. The molecule has 5 nitrogen and oxygen atoms in total. The second-order valence-corrected chi connectivity index (χ2v) is 5.46. The average Bonchev–Trinajstić information content (AvgIpc) is 2.85. The zero-order valence-corrected chi connectivity index (χ0v) is 13.3. The molecular weight excluding hydrogens is 302 g/mol. The van der Waals surface area contributed by atoms with E-state index in [4.69, 9.17) is 0 Å². The number of aromatic nitrogens is 1. The van der Waals surface area contributed by atoms with Gasteiger partial charge in [-0.1, -0.05) is 42.0 Å². The number of benzene rings is 2. The van der Waals surface area contributed by atoms with Crippen LogP contribution < -0.4 is 0 Å². The maximum atomic E-state index is 12.2. The van der Waals surface area contributed by atoms with Crippen LogP contribution in [0.5, 0.6) is 5.88 Å². The van der Waals surface area contributed by atoms with Crippen molar-refractivity contribution in [1.82, 2.24) is 4.57 Å². The molecule has 3 aromatic rings. The molecule has 1 amide bonds. The van der Waals surface area contributed by atoms with Gasteiger partial charge in [0.2, 0.25) is 5.88 Å². The van der Waals surface area contributed by atoms with E-state index in [2.05, 4.69) is 16.8 Å². The molecule has 3 rings (SSSR count). The highest BCUT2D eigenvalue weighted by atomic mass is 16.3. The van der Waals surface area contributed by atoms with E-state index in [0.717, 1.165) is 16.5 Å². The predicted molar refractivity (Wildman–Crippen MR) is 93.8 cm³/mol. The van der Waals surface area contributed by atoms with Gasteiger partial charge in [0, 0.05) is 17.5 Å². The Balaban J connectivity index is 2.02. The number of azo groups is 1. The largest absolute Gasteiger partial charge is 0.493 e. The van der Waals surface area contributed by atoms with Gasteiger partial charge < -0.3 is 9.67 Å². The number of nitrogens with zero attached hydrogens (tertiary/aromatic N) is 3. The van der Waals surface area contributed by atoms with Gasteiger partial charge in [-0.15, -0.1) is 16.8 Å². The summed E-state index contributed by atoms with van der Waals surface area (Å²) in [6, 6.07) is 14.6. The molecule has 1 aromatic heterocycles. The molecule has 5 heteroatoms. The molecule has 0 unspecified atom stereocenters. The molecule has 0 aliphatic carbocycles. The van der Waals surface area contributed by atoms with Crippen LogP contribution in [0, 0.1) is 6.92 Å². The van der Waals surface area contributed by atoms with E-state index in [-0.39, 0.29) is 11.6 Å². The third-order valence-corrected chi connectivity index (χ3v) is 3.73. The Hall–Kier alpha value is -3.21. The van der Waals surface area contributed by atoms with E-state index in [0.29, 0.717) is 12.1 Å². The Morgan fingerprint density at radius 1 is 1.25 bits per heavy atom. The fourth-order valence-corrected chi connectivity index (χ4v) is 2.62. The van der Waals surface area contributed by atoms with E-state index < -0.39 is 5.91 Å². The first kappa shape index (κ1) is 15.7. The van der Waals surface area contributed by atoms with Gasteiger partial charge in [-0.2, -0.15) is 0 Å². The average molecular weight is 319 g/mol. The summed E-state index contributed by atoms with van der Waals surface area (Å²) in [5, 5.41) is 18.9. The van der Waals surface area contributed by atoms with Crippen LogP contribution in [-0.2, 0) is 6.54 Å². The summed E-state index contributed by atoms with van der Waals surface area (Å²) in [6.45, 7) is 6.04. The normalized spacial score (nSPS) is 11.2. The second-order valence-electron chi connectivity index (χ2n) is 5.46. The van der Waals surface area contributed by atoms with E-state index in [1.165, 1.54) is 0 Å². The monoisotopic (exact) mass is 319 g/mol. The molecule has 0 aliphatic heterocycles. The number of rotatable bonds is 4. The van der Waals surface area contributed by atoms with Crippen LogP contribution in [0.15, 0.2) is 71.4 Å². The quantitative estimate of drug-likeness (QED) is 0.556. The molecular formula is C19H17N3O2. The van der Waals surface area contributed by atoms with Gasteiger partial charge in [-0.3, -0.25) is 4.79 Å². The Bertz CT molecular complexity index is 954. The van der Waals surface area contributed by atoms with Gasteiger partial charge in [0.15, 0.2) is 5.69 Å². The minimum Gasteiger partial charge on any atom is -0.493 e. The Morgan fingerprint density at radius 3 is 2.79 bits per heavy atom. The number of fused-ring (bicyclic) bond motifs is 1. The van der Waals surface area contributed by atoms with Crippen LogP contribution in [0.1, 0.15) is 15.9 Å².